The predicted octanol–water partition coefficient (Wildman–Crippen LogP) is 3.34. The monoisotopic (exact) mass is 297 g/mol. The summed E-state index contributed by atoms with van der Waals surface area (Å²) >= 11 is 0. The van der Waals surface area contributed by atoms with Crippen molar-refractivity contribution in [3.63, 3.8) is 0 Å². The quantitative estimate of drug-likeness (QED) is 0.542. The first kappa shape index (κ1) is 13.6. The molecule has 2 aromatic carbocycles. The number of hydrogen-bond donors (Lipinski definition) is 0. The molecule has 0 bridgehead atoms. The van der Waals surface area contributed by atoms with E-state index in [1.165, 1.54) is 0 Å². The van der Waals surface area contributed by atoms with Crippen molar-refractivity contribution in [2.75, 3.05) is 0 Å². The van der Waals surface area contributed by atoms with Crippen LogP contribution in [0.4, 0.5) is 0 Å². The average Bonchev–Trinajstić information content (AvgIpc) is 3.27. The molecule has 0 saturated carbocycles. The second kappa shape index (κ2) is 5.97. The molecule has 0 aliphatic heterocycles. The van der Waals surface area contributed by atoms with E-state index in [0.29, 0.717) is 0 Å². The zero-order valence-electron chi connectivity index (χ0n) is 12.4. The van der Waals surface area contributed by atoms with Crippen LogP contribution in [-0.2, 0) is 0 Å². The van der Waals surface area contributed by atoms with Crippen molar-refractivity contribution < 1.29 is 0 Å². The Morgan fingerprint density at radius 1 is 0.565 bits per heavy atom. The van der Waals surface area contributed by atoms with Gasteiger partial charge in [-0.25, -0.2) is 10.2 Å². The summed E-state index contributed by atoms with van der Waals surface area (Å²) in [6.45, 7) is 0. The van der Waals surface area contributed by atoms with Gasteiger partial charge in [-0.3, -0.25) is 0 Å². The lowest BCUT2D eigenvalue weighted by Crippen LogP contribution is -2.17. The van der Waals surface area contributed by atoms with E-state index in [4.69, 9.17) is 0 Å². The molecule has 4 rings (SSSR count). The Labute approximate surface area is 135 Å². The Balaban J connectivity index is 1.53. The molecule has 4 nitrogen and oxygen atoms in total. The van der Waals surface area contributed by atoms with E-state index in [9.17, 15) is 0 Å². The van der Waals surface area contributed by atoms with Crippen LogP contribution in [0, 0.1) is 0 Å². The maximum absolute atomic E-state index is 4.56. The molecule has 5 heteroatoms. The zero-order valence-corrected chi connectivity index (χ0v) is 12.4. The molecule has 0 aliphatic rings. The largest absolute Gasteiger partial charge is 0.488 e. The number of benzene rings is 2. The van der Waals surface area contributed by atoms with E-state index in [-0.39, 0.29) is 0 Å². The van der Waals surface area contributed by atoms with Crippen molar-refractivity contribution in [3.05, 3.63) is 85.2 Å². The molecule has 2 radical (unpaired) electrons. The van der Waals surface area contributed by atoms with E-state index in [1.807, 2.05) is 92.7 Å². The maximum Gasteiger partial charge on any atom is 0.0876 e. The minimum Gasteiger partial charge on any atom is -0.488 e. The Morgan fingerprint density at radius 2 is 1.00 bits per heavy atom. The highest BCUT2D eigenvalue weighted by atomic mass is 15.3. The molecule has 0 N–H and O–H groups in total. The summed E-state index contributed by atoms with van der Waals surface area (Å²) in [7, 11) is 1.85. The number of hydrogen-bond acceptors (Lipinski definition) is 2. The van der Waals surface area contributed by atoms with Crippen molar-refractivity contribution in [2.45, 2.75) is 0 Å². The van der Waals surface area contributed by atoms with Gasteiger partial charge < -0.3 is 9.19 Å². The van der Waals surface area contributed by atoms with Crippen LogP contribution >= 0.6 is 0 Å². The van der Waals surface area contributed by atoms with E-state index in [0.717, 1.165) is 22.5 Å². The number of nitrogens with zero attached hydrogens (tertiary/aromatic N) is 4. The highest BCUT2D eigenvalue weighted by molar-refractivity contribution is 6.30. The molecule has 110 valence electrons. The van der Waals surface area contributed by atoms with Crippen molar-refractivity contribution in [1.29, 1.82) is 0 Å². The van der Waals surface area contributed by atoms with Gasteiger partial charge in [-0.2, -0.15) is 0 Å². The van der Waals surface area contributed by atoms with Crippen LogP contribution in [0.1, 0.15) is 0 Å². The van der Waals surface area contributed by atoms with Gasteiger partial charge in [0.25, 0.3) is 0 Å². The standard InChI is InChI=1S/C18H14BN4/c1-3-7-15(8-4-1)17-11-13-22(20-17)19-23-14-12-18(21-23)16-9-5-2-6-10-16/h1-14H/q-1. The number of rotatable bonds is 4. The Bertz CT molecular complexity index is 821. The Kier molecular flexibility index (Phi) is 3.52. The first-order chi connectivity index (χ1) is 11.4. The summed E-state index contributed by atoms with van der Waals surface area (Å²) in [5, 5.41) is 9.12. The molecule has 0 saturated heterocycles. The van der Waals surface area contributed by atoms with Crippen molar-refractivity contribution in [1.82, 2.24) is 19.4 Å². The van der Waals surface area contributed by atoms with Crippen LogP contribution in [0.15, 0.2) is 85.2 Å². The van der Waals surface area contributed by atoms with Gasteiger partial charge in [0.05, 0.1) is 11.4 Å². The molecule has 2 aromatic heterocycles. The molecule has 0 unspecified atom stereocenters. The first-order valence-electron chi connectivity index (χ1n) is 7.45. The lowest BCUT2D eigenvalue weighted by atomic mass is 10.2. The minimum absolute atomic E-state index is 0.942. The molecule has 0 aliphatic carbocycles. The van der Waals surface area contributed by atoms with Crippen LogP contribution in [0.25, 0.3) is 22.5 Å². The van der Waals surface area contributed by atoms with Crippen LogP contribution < -0.4 is 0 Å². The SMILES string of the molecule is [B-](n1ccc(-c2ccccc2)n1)n1ccc(-c2ccccc2)n1. The summed E-state index contributed by atoms with van der Waals surface area (Å²) in [5.41, 5.74) is 4.09. The highest BCUT2D eigenvalue weighted by Crippen LogP contribution is 2.17. The molecular formula is C18H14BN4-. The lowest BCUT2D eigenvalue weighted by molar-refractivity contribution is 0.888. The summed E-state index contributed by atoms with van der Waals surface area (Å²) in [4.78, 5) is 0. The van der Waals surface area contributed by atoms with Gasteiger partial charge in [0.1, 0.15) is 0 Å². The number of aromatic nitrogens is 4. The summed E-state index contributed by atoms with van der Waals surface area (Å²) in [6.07, 6.45) is 3.85. The predicted molar refractivity (Wildman–Crippen MR) is 91.9 cm³/mol. The fourth-order valence-electron chi connectivity index (χ4n) is 2.45. The topological polar surface area (TPSA) is 35.6 Å². The van der Waals surface area contributed by atoms with E-state index in [2.05, 4.69) is 10.2 Å². The molecule has 0 spiro atoms. The molecule has 0 fully saturated rings. The highest BCUT2D eigenvalue weighted by Gasteiger charge is 1.99. The first-order valence-corrected chi connectivity index (χ1v) is 7.45. The van der Waals surface area contributed by atoms with Gasteiger partial charge in [0.15, 0.2) is 0 Å². The van der Waals surface area contributed by atoms with E-state index < -0.39 is 0 Å². The molecule has 2 heterocycles. The van der Waals surface area contributed by atoms with Crippen molar-refractivity contribution in [3.8, 4) is 22.5 Å². The van der Waals surface area contributed by atoms with Gasteiger partial charge in [0.2, 0.25) is 0 Å². The molecule has 23 heavy (non-hydrogen) atoms. The fourth-order valence-corrected chi connectivity index (χ4v) is 2.45. The van der Waals surface area contributed by atoms with Gasteiger partial charge in [-0.15, -0.1) is 0 Å². The van der Waals surface area contributed by atoms with Gasteiger partial charge >= 0.3 is 0 Å². The second-order valence-corrected chi connectivity index (χ2v) is 5.21. The normalized spacial score (nSPS) is 10.8. The van der Waals surface area contributed by atoms with Crippen LogP contribution in [0.2, 0.25) is 0 Å². The molecule has 4 aromatic rings. The van der Waals surface area contributed by atoms with E-state index >= 15 is 0 Å². The van der Waals surface area contributed by atoms with Crippen LogP contribution in [0.3, 0.4) is 0 Å². The minimum atomic E-state index is 0.942. The summed E-state index contributed by atoms with van der Waals surface area (Å²) in [6, 6.07) is 24.2. The maximum atomic E-state index is 4.56. The Hall–Kier alpha value is -3.08. The Morgan fingerprint density at radius 3 is 1.43 bits per heavy atom. The van der Waals surface area contributed by atoms with Crippen molar-refractivity contribution in [2.24, 2.45) is 0 Å². The second-order valence-electron chi connectivity index (χ2n) is 5.21. The fraction of sp³-hybridized carbons (Fsp3) is 0. The molecule has 0 atom stereocenters. The van der Waals surface area contributed by atoms with Gasteiger partial charge in [-0.05, 0) is 32.1 Å². The lowest BCUT2D eigenvalue weighted by Gasteiger charge is -2.17. The third kappa shape index (κ3) is 2.94. The van der Waals surface area contributed by atoms with Gasteiger partial charge in [-0.1, -0.05) is 60.7 Å². The molecular weight excluding hydrogens is 283 g/mol. The average molecular weight is 297 g/mol. The summed E-state index contributed by atoms with van der Waals surface area (Å²) in [5.74, 6) is 0. The third-order valence-corrected chi connectivity index (χ3v) is 3.59. The van der Waals surface area contributed by atoms with Crippen LogP contribution in [-0.4, -0.2) is 26.9 Å². The van der Waals surface area contributed by atoms with Crippen LogP contribution in [0.5, 0.6) is 0 Å². The smallest absolute Gasteiger partial charge is 0.0876 e. The third-order valence-electron chi connectivity index (χ3n) is 3.59. The van der Waals surface area contributed by atoms with Crippen molar-refractivity contribution >= 4 is 7.55 Å². The summed E-state index contributed by atoms with van der Waals surface area (Å²) < 4.78 is 3.54. The van der Waals surface area contributed by atoms with Gasteiger partial charge in [0, 0.05) is 11.1 Å². The molecule has 0 amide bonds. The zero-order chi connectivity index (χ0) is 15.5. The van der Waals surface area contributed by atoms with E-state index in [1.54, 1.807) is 9.19 Å².